The first-order chi connectivity index (χ1) is 15.7. The van der Waals surface area contributed by atoms with E-state index in [4.69, 9.17) is 9.47 Å². The van der Waals surface area contributed by atoms with Crippen LogP contribution < -0.4 is 0 Å². The summed E-state index contributed by atoms with van der Waals surface area (Å²) in [6.07, 6.45) is -2.90. The summed E-state index contributed by atoms with van der Waals surface area (Å²) >= 11 is 0. The molecule has 0 fully saturated rings. The van der Waals surface area contributed by atoms with Gasteiger partial charge < -0.3 is 24.8 Å². The van der Waals surface area contributed by atoms with E-state index in [0.717, 1.165) is 16.7 Å². The molecule has 3 aromatic carbocycles. The van der Waals surface area contributed by atoms with E-state index >= 15 is 0 Å². The van der Waals surface area contributed by atoms with Crippen molar-refractivity contribution in [3.05, 3.63) is 108 Å². The number of aliphatic hydroxyl groups excluding tert-OH is 3. The second kappa shape index (κ2) is 13.1. The van der Waals surface area contributed by atoms with Crippen LogP contribution in [-0.4, -0.2) is 40.2 Å². The second-order valence-corrected chi connectivity index (χ2v) is 7.81. The van der Waals surface area contributed by atoms with Gasteiger partial charge in [-0.25, -0.2) is 0 Å². The standard InChI is InChI=1S/C27H32O5/c28-18-10-17-24(31-19-21-11-4-1-5-12-21)25(29)26(30)27(23-15-8-3-9-16-23)32-20-22-13-6-2-7-14-22/h1-9,11-16,24-30H,10,17-20H2/t24-,25-,26-,27+/m1/s1. The molecule has 0 aliphatic carbocycles. The van der Waals surface area contributed by atoms with E-state index < -0.39 is 24.4 Å². The maximum Gasteiger partial charge on any atom is 0.113 e. The first kappa shape index (κ1) is 24.1. The number of benzene rings is 3. The zero-order valence-electron chi connectivity index (χ0n) is 18.2. The fourth-order valence-corrected chi connectivity index (χ4v) is 3.62. The molecule has 0 radical (unpaired) electrons. The van der Waals surface area contributed by atoms with E-state index in [1.165, 1.54) is 0 Å². The molecule has 5 heteroatoms. The van der Waals surface area contributed by atoms with Gasteiger partial charge in [-0.15, -0.1) is 0 Å². The highest BCUT2D eigenvalue weighted by Crippen LogP contribution is 2.28. The van der Waals surface area contributed by atoms with Crippen LogP contribution in [0.3, 0.4) is 0 Å². The van der Waals surface area contributed by atoms with Crippen molar-refractivity contribution in [1.82, 2.24) is 0 Å². The lowest BCUT2D eigenvalue weighted by molar-refractivity contribution is -0.147. The molecule has 170 valence electrons. The molecule has 5 nitrogen and oxygen atoms in total. The summed E-state index contributed by atoms with van der Waals surface area (Å²) in [4.78, 5) is 0. The molecule has 0 saturated heterocycles. The van der Waals surface area contributed by atoms with E-state index in [2.05, 4.69) is 0 Å². The third kappa shape index (κ3) is 7.26. The number of ether oxygens (including phenoxy) is 2. The predicted octanol–water partition coefficient (Wildman–Crippen LogP) is 4.02. The van der Waals surface area contributed by atoms with Gasteiger partial charge in [0, 0.05) is 6.61 Å². The molecular formula is C27H32O5. The third-order valence-corrected chi connectivity index (χ3v) is 5.40. The van der Waals surface area contributed by atoms with Crippen molar-refractivity contribution in [2.45, 2.75) is 50.5 Å². The number of aliphatic hydroxyl groups is 3. The lowest BCUT2D eigenvalue weighted by atomic mass is 9.95. The van der Waals surface area contributed by atoms with Crippen LogP contribution in [0.4, 0.5) is 0 Å². The summed E-state index contributed by atoms with van der Waals surface area (Å²) in [5.41, 5.74) is 2.73. The number of hydrogen-bond acceptors (Lipinski definition) is 5. The molecule has 0 aromatic heterocycles. The van der Waals surface area contributed by atoms with Crippen molar-refractivity contribution >= 4 is 0 Å². The van der Waals surface area contributed by atoms with Crippen LogP contribution in [0, 0.1) is 0 Å². The Balaban J connectivity index is 1.73. The van der Waals surface area contributed by atoms with Gasteiger partial charge in [0.05, 0.1) is 19.3 Å². The van der Waals surface area contributed by atoms with Gasteiger partial charge in [0.15, 0.2) is 0 Å². The Morgan fingerprint density at radius 3 is 1.66 bits per heavy atom. The smallest absolute Gasteiger partial charge is 0.113 e. The van der Waals surface area contributed by atoms with Gasteiger partial charge in [-0.1, -0.05) is 91.0 Å². The monoisotopic (exact) mass is 436 g/mol. The molecule has 3 aromatic rings. The van der Waals surface area contributed by atoms with Crippen LogP contribution in [0.1, 0.15) is 35.6 Å². The van der Waals surface area contributed by atoms with E-state index in [0.29, 0.717) is 26.1 Å². The Labute approximate surface area is 189 Å². The van der Waals surface area contributed by atoms with E-state index in [1.807, 2.05) is 91.0 Å². The first-order valence-electron chi connectivity index (χ1n) is 11.0. The minimum absolute atomic E-state index is 0.0133. The van der Waals surface area contributed by atoms with Gasteiger partial charge in [0.1, 0.15) is 18.3 Å². The molecule has 0 amide bonds. The number of hydrogen-bond donors (Lipinski definition) is 3. The van der Waals surface area contributed by atoms with Crippen molar-refractivity contribution in [1.29, 1.82) is 0 Å². The Morgan fingerprint density at radius 1 is 0.625 bits per heavy atom. The lowest BCUT2D eigenvalue weighted by Gasteiger charge is -2.32. The Bertz CT molecular complexity index is 872. The van der Waals surface area contributed by atoms with Crippen LogP contribution in [0.5, 0.6) is 0 Å². The molecule has 0 aliphatic rings. The highest BCUT2D eigenvalue weighted by Gasteiger charge is 2.34. The fraction of sp³-hybridized carbons (Fsp3) is 0.333. The second-order valence-electron chi connectivity index (χ2n) is 7.81. The summed E-state index contributed by atoms with van der Waals surface area (Å²) in [5, 5.41) is 31.5. The van der Waals surface area contributed by atoms with Crippen molar-refractivity contribution in [2.75, 3.05) is 6.61 Å². The summed E-state index contributed by atoms with van der Waals surface area (Å²) in [7, 11) is 0. The molecule has 0 spiro atoms. The maximum absolute atomic E-state index is 11.2. The molecule has 0 saturated carbocycles. The molecule has 0 bridgehead atoms. The maximum atomic E-state index is 11.2. The van der Waals surface area contributed by atoms with Crippen molar-refractivity contribution in [3.63, 3.8) is 0 Å². The van der Waals surface area contributed by atoms with Gasteiger partial charge in [-0.3, -0.25) is 0 Å². The average Bonchev–Trinajstić information content (AvgIpc) is 2.85. The quantitative estimate of drug-likeness (QED) is 0.377. The van der Waals surface area contributed by atoms with Crippen LogP contribution in [0.25, 0.3) is 0 Å². The molecule has 0 unspecified atom stereocenters. The average molecular weight is 437 g/mol. The van der Waals surface area contributed by atoms with Crippen molar-refractivity contribution in [2.24, 2.45) is 0 Å². The Morgan fingerprint density at radius 2 is 1.12 bits per heavy atom. The molecule has 4 atom stereocenters. The first-order valence-corrected chi connectivity index (χ1v) is 11.0. The van der Waals surface area contributed by atoms with Crippen LogP contribution >= 0.6 is 0 Å². The van der Waals surface area contributed by atoms with Gasteiger partial charge >= 0.3 is 0 Å². The zero-order valence-corrected chi connectivity index (χ0v) is 18.2. The number of rotatable bonds is 13. The topological polar surface area (TPSA) is 79.2 Å². The van der Waals surface area contributed by atoms with E-state index in [9.17, 15) is 15.3 Å². The largest absolute Gasteiger partial charge is 0.396 e. The molecule has 3 rings (SSSR count). The summed E-state index contributed by atoms with van der Waals surface area (Å²) in [6.45, 7) is 0.596. The summed E-state index contributed by atoms with van der Waals surface area (Å²) < 4.78 is 12.1. The molecule has 0 aliphatic heterocycles. The molecule has 3 N–H and O–H groups in total. The summed E-state index contributed by atoms with van der Waals surface area (Å²) in [5.74, 6) is 0. The molecule has 32 heavy (non-hydrogen) atoms. The van der Waals surface area contributed by atoms with Gasteiger partial charge in [0.2, 0.25) is 0 Å². The Kier molecular flexibility index (Phi) is 9.88. The predicted molar refractivity (Wildman–Crippen MR) is 124 cm³/mol. The SMILES string of the molecule is OCCC[C@@H](OCc1ccccc1)[C@@H](O)[C@@H](O)[C@@H](OCc1ccccc1)c1ccccc1. The van der Waals surface area contributed by atoms with Crippen LogP contribution in [0.15, 0.2) is 91.0 Å². The molecular weight excluding hydrogens is 404 g/mol. The third-order valence-electron chi connectivity index (χ3n) is 5.40. The lowest BCUT2D eigenvalue weighted by Crippen LogP contribution is -2.43. The van der Waals surface area contributed by atoms with Crippen LogP contribution in [0.2, 0.25) is 0 Å². The normalized spacial score (nSPS) is 15.1. The highest BCUT2D eigenvalue weighted by molar-refractivity contribution is 5.20. The van der Waals surface area contributed by atoms with Crippen molar-refractivity contribution < 1.29 is 24.8 Å². The highest BCUT2D eigenvalue weighted by atomic mass is 16.5. The van der Waals surface area contributed by atoms with Gasteiger partial charge in [-0.05, 0) is 29.5 Å². The zero-order chi connectivity index (χ0) is 22.6. The van der Waals surface area contributed by atoms with E-state index in [1.54, 1.807) is 0 Å². The van der Waals surface area contributed by atoms with E-state index in [-0.39, 0.29) is 6.61 Å². The van der Waals surface area contributed by atoms with Gasteiger partial charge in [-0.2, -0.15) is 0 Å². The summed E-state index contributed by atoms with van der Waals surface area (Å²) in [6, 6.07) is 28.8. The van der Waals surface area contributed by atoms with Gasteiger partial charge in [0.25, 0.3) is 0 Å². The minimum Gasteiger partial charge on any atom is -0.396 e. The van der Waals surface area contributed by atoms with Crippen molar-refractivity contribution in [3.8, 4) is 0 Å². The van der Waals surface area contributed by atoms with Crippen LogP contribution in [-0.2, 0) is 22.7 Å². The fourth-order valence-electron chi connectivity index (χ4n) is 3.62. The molecule has 0 heterocycles. The minimum atomic E-state index is -1.21. The Hall–Kier alpha value is -2.54.